The van der Waals surface area contributed by atoms with Crippen molar-refractivity contribution in [3.63, 3.8) is 0 Å². The zero-order valence-corrected chi connectivity index (χ0v) is 15.1. The lowest BCUT2D eigenvalue weighted by atomic mass is 10.3. The molecule has 0 unspecified atom stereocenters. The number of aromatic nitrogens is 2. The lowest BCUT2D eigenvalue weighted by molar-refractivity contribution is 0.289. The van der Waals surface area contributed by atoms with Gasteiger partial charge in [0.1, 0.15) is 5.82 Å². The highest BCUT2D eigenvalue weighted by molar-refractivity contribution is 9.10. The molecule has 0 aliphatic heterocycles. The van der Waals surface area contributed by atoms with Crippen LogP contribution in [0.2, 0.25) is 0 Å². The number of thiocarbonyl (C=S) groups is 1. The van der Waals surface area contributed by atoms with Gasteiger partial charge in [-0.3, -0.25) is 0 Å². The maximum absolute atomic E-state index is 13.3. The van der Waals surface area contributed by atoms with Crippen LogP contribution in [0.15, 0.2) is 32.5 Å². The monoisotopic (exact) mass is 432 g/mol. The van der Waals surface area contributed by atoms with E-state index in [1.165, 1.54) is 18.2 Å². The topological polar surface area (TPSA) is 128 Å². The van der Waals surface area contributed by atoms with E-state index in [1.807, 2.05) is 0 Å². The van der Waals surface area contributed by atoms with Crippen molar-refractivity contribution in [3.8, 4) is 0 Å². The number of oxime groups is 1. The van der Waals surface area contributed by atoms with Crippen LogP contribution in [0.1, 0.15) is 12.1 Å². The van der Waals surface area contributed by atoms with Crippen molar-refractivity contribution >= 4 is 50.6 Å². The molecular weight excluding hydrogens is 419 g/mol. The predicted molar refractivity (Wildman–Crippen MR) is 96.3 cm³/mol. The van der Waals surface area contributed by atoms with Crippen LogP contribution >= 0.6 is 28.1 Å². The van der Waals surface area contributed by atoms with Crippen LogP contribution in [0.5, 0.6) is 0 Å². The number of nitrogens with zero attached hydrogens (tertiary/aromatic N) is 3. The fourth-order valence-corrected chi connectivity index (χ4v) is 2.28. The van der Waals surface area contributed by atoms with Crippen molar-refractivity contribution < 1.29 is 19.3 Å². The van der Waals surface area contributed by atoms with E-state index in [9.17, 15) is 9.60 Å². The normalized spacial score (nSPS) is 11.2. The summed E-state index contributed by atoms with van der Waals surface area (Å²) in [5, 5.41) is 37.0. The summed E-state index contributed by atoms with van der Waals surface area (Å²) in [6.45, 7) is 0.497. The Morgan fingerprint density at radius 2 is 2.16 bits per heavy atom. The minimum atomic E-state index is -0.433. The Labute approximate surface area is 155 Å². The van der Waals surface area contributed by atoms with E-state index in [1.54, 1.807) is 0 Å². The summed E-state index contributed by atoms with van der Waals surface area (Å²) in [6, 6.07) is 4.15. The average molecular weight is 433 g/mol. The summed E-state index contributed by atoms with van der Waals surface area (Å²) < 4.78 is 18.2. The van der Waals surface area contributed by atoms with Crippen LogP contribution in [0, 0.1) is 5.82 Å². The number of halogens is 2. The summed E-state index contributed by atoms with van der Waals surface area (Å²) in [5.41, 5.74) is 0.507. The van der Waals surface area contributed by atoms with Crippen molar-refractivity contribution in [2.24, 2.45) is 5.16 Å². The van der Waals surface area contributed by atoms with Crippen molar-refractivity contribution in [2.75, 3.05) is 23.8 Å². The second kappa shape index (κ2) is 9.25. The fourth-order valence-electron chi connectivity index (χ4n) is 1.70. The largest absolute Gasteiger partial charge is 0.409 e. The predicted octanol–water partition coefficient (Wildman–Crippen LogP) is 1.89. The van der Waals surface area contributed by atoms with E-state index in [0.29, 0.717) is 18.7 Å². The molecule has 0 amide bonds. The average Bonchev–Trinajstić information content (AvgIpc) is 3.04. The minimum Gasteiger partial charge on any atom is -0.409 e. The van der Waals surface area contributed by atoms with Gasteiger partial charge in [0.15, 0.2) is 10.8 Å². The molecule has 134 valence electrons. The number of aliphatic hydroxyl groups is 1. The lowest BCUT2D eigenvalue weighted by Gasteiger charge is -2.10. The summed E-state index contributed by atoms with van der Waals surface area (Å²) in [5.74, 6) is -0.402. The molecule has 2 rings (SSSR count). The van der Waals surface area contributed by atoms with E-state index < -0.39 is 5.82 Å². The van der Waals surface area contributed by atoms with Gasteiger partial charge in [-0.15, -0.1) is 0 Å². The molecule has 0 atom stereocenters. The van der Waals surface area contributed by atoms with Crippen LogP contribution in [0.25, 0.3) is 0 Å². The van der Waals surface area contributed by atoms with E-state index >= 15 is 0 Å². The van der Waals surface area contributed by atoms with Crippen LogP contribution in [0.3, 0.4) is 0 Å². The van der Waals surface area contributed by atoms with Gasteiger partial charge in [-0.2, -0.15) is 0 Å². The number of hydrogen-bond acceptors (Lipinski definition) is 7. The second-order valence-corrected chi connectivity index (χ2v) is 5.88. The molecule has 1 aromatic heterocycles. The maximum atomic E-state index is 13.3. The van der Waals surface area contributed by atoms with Gasteiger partial charge in [0.2, 0.25) is 11.7 Å². The molecule has 0 saturated carbocycles. The molecule has 2 aromatic rings. The zero-order chi connectivity index (χ0) is 18.2. The molecule has 0 aliphatic carbocycles. The van der Waals surface area contributed by atoms with Crippen LogP contribution in [0.4, 0.5) is 15.9 Å². The zero-order valence-electron chi connectivity index (χ0n) is 12.7. The second-order valence-electron chi connectivity index (χ2n) is 4.62. The molecule has 5 N–H and O–H groups in total. The van der Waals surface area contributed by atoms with Crippen molar-refractivity contribution in [2.45, 2.75) is 6.42 Å². The Kier molecular flexibility index (Phi) is 7.03. The first-order valence-electron chi connectivity index (χ1n) is 6.98. The first kappa shape index (κ1) is 19.0. The van der Waals surface area contributed by atoms with Gasteiger partial charge in [-0.25, -0.2) is 9.02 Å². The molecule has 1 heterocycles. The smallest absolute Gasteiger partial charge is 0.208 e. The molecule has 0 aliphatic rings. The highest BCUT2D eigenvalue weighted by Crippen LogP contribution is 2.21. The number of anilines is 2. The van der Waals surface area contributed by atoms with Crippen molar-refractivity contribution in [1.29, 1.82) is 0 Å². The van der Waals surface area contributed by atoms with Gasteiger partial charge in [0, 0.05) is 18.8 Å². The minimum absolute atomic E-state index is 0.0326. The van der Waals surface area contributed by atoms with Crippen LogP contribution in [-0.4, -0.2) is 44.7 Å². The van der Waals surface area contributed by atoms with E-state index in [2.05, 4.69) is 52.0 Å². The van der Waals surface area contributed by atoms with Gasteiger partial charge >= 0.3 is 0 Å². The van der Waals surface area contributed by atoms with Crippen LogP contribution in [-0.2, 0) is 0 Å². The fraction of sp³-hybridized carbons (Fsp3) is 0.231. The first-order chi connectivity index (χ1) is 12.0. The molecule has 0 saturated heterocycles. The molecule has 9 nitrogen and oxygen atoms in total. The first-order valence-corrected chi connectivity index (χ1v) is 8.18. The third-order valence-corrected chi connectivity index (χ3v) is 3.70. The summed E-state index contributed by atoms with van der Waals surface area (Å²) >= 11 is 8.14. The van der Waals surface area contributed by atoms with Crippen molar-refractivity contribution in [3.05, 3.63) is 34.2 Å². The number of amidine groups is 1. The highest BCUT2D eigenvalue weighted by Gasteiger charge is 2.19. The Balaban J connectivity index is 2.10. The molecule has 0 spiro atoms. The van der Waals surface area contributed by atoms with Gasteiger partial charge in [0.25, 0.3) is 0 Å². The van der Waals surface area contributed by atoms with E-state index in [0.717, 1.165) is 0 Å². The number of hydrogen-bond donors (Lipinski definition) is 5. The van der Waals surface area contributed by atoms with Gasteiger partial charge in [-0.05, 0) is 63.1 Å². The number of benzene rings is 1. The molecule has 12 heteroatoms. The number of aliphatic hydroxyl groups excluding tert-OH is 1. The maximum Gasteiger partial charge on any atom is 0.208 e. The molecule has 0 bridgehead atoms. The third kappa shape index (κ3) is 5.34. The molecule has 1 aromatic carbocycles. The van der Waals surface area contributed by atoms with Crippen LogP contribution < -0.4 is 16.0 Å². The van der Waals surface area contributed by atoms with Crippen molar-refractivity contribution in [1.82, 2.24) is 15.6 Å². The number of nitrogens with one attached hydrogen (secondary N) is 3. The summed E-state index contributed by atoms with van der Waals surface area (Å²) in [7, 11) is 0. The Morgan fingerprint density at radius 3 is 2.84 bits per heavy atom. The SMILES string of the molecule is OCCCNC(=S)Nc1nonc1/C(=N/O)Nc1ccc(F)c(Br)c1. The molecule has 0 fully saturated rings. The Morgan fingerprint density at radius 1 is 1.36 bits per heavy atom. The summed E-state index contributed by atoms with van der Waals surface area (Å²) in [6.07, 6.45) is 0.524. The van der Waals surface area contributed by atoms with Gasteiger partial charge < -0.3 is 26.3 Å². The van der Waals surface area contributed by atoms with E-state index in [-0.39, 0.29) is 33.5 Å². The van der Waals surface area contributed by atoms with Gasteiger partial charge in [-0.1, -0.05) is 5.16 Å². The van der Waals surface area contributed by atoms with E-state index in [4.69, 9.17) is 17.3 Å². The molecule has 25 heavy (non-hydrogen) atoms. The number of rotatable bonds is 6. The standard InChI is InChI=1S/C13H14BrFN6O3S/c14-8-6-7(2-3-9(8)15)17-11(19-23)10-12(21-24-20-10)18-13(25)16-4-1-5-22/h2-3,6,22-23H,1,4-5H2,(H,17,19)(H2,16,18,21,25). The quantitative estimate of drug-likeness (QED) is 0.116. The molecular formula is C13H14BrFN6O3S. The third-order valence-electron chi connectivity index (χ3n) is 2.85. The van der Waals surface area contributed by atoms with Gasteiger partial charge in [0.05, 0.1) is 4.47 Å². The Hall–Kier alpha value is -2.31. The highest BCUT2D eigenvalue weighted by atomic mass is 79.9. The summed E-state index contributed by atoms with van der Waals surface area (Å²) in [4.78, 5) is 0. The Bertz CT molecular complexity index is 772. The lowest BCUT2D eigenvalue weighted by Crippen LogP contribution is -2.30. The molecule has 0 radical (unpaired) electrons.